The lowest BCUT2D eigenvalue weighted by Gasteiger charge is -2.31. The highest BCUT2D eigenvalue weighted by molar-refractivity contribution is 6.30. The third kappa shape index (κ3) is 5.62. The van der Waals surface area contributed by atoms with Crippen LogP contribution in [-0.2, 0) is 4.79 Å². The van der Waals surface area contributed by atoms with Gasteiger partial charge in [-0.2, -0.15) is 0 Å². The number of aromatic nitrogens is 2. The van der Waals surface area contributed by atoms with Crippen molar-refractivity contribution >= 4 is 34.8 Å². The highest BCUT2D eigenvalue weighted by Crippen LogP contribution is 2.32. The maximum Gasteiger partial charge on any atom is 0.279 e. The Morgan fingerprint density at radius 2 is 1.77 bits per heavy atom. The Morgan fingerprint density at radius 1 is 1.03 bits per heavy atom. The molecule has 0 radical (unpaired) electrons. The van der Waals surface area contributed by atoms with E-state index >= 15 is 0 Å². The Morgan fingerprint density at radius 3 is 2.43 bits per heavy atom. The van der Waals surface area contributed by atoms with Crippen molar-refractivity contribution in [2.45, 2.75) is 6.04 Å². The van der Waals surface area contributed by atoms with E-state index < -0.39 is 23.7 Å². The number of hydrogen-bond donors (Lipinski definition) is 1. The number of hydrogen-bond acceptors (Lipinski definition) is 5. The Kier molecular flexibility index (Phi) is 7.32. The lowest BCUT2D eigenvalue weighted by molar-refractivity contribution is -0.117. The molecule has 4 aromatic rings. The van der Waals surface area contributed by atoms with Crippen molar-refractivity contribution in [1.29, 1.82) is 0 Å². The molecule has 0 aliphatic carbocycles. The van der Waals surface area contributed by atoms with Crippen molar-refractivity contribution in [2.24, 2.45) is 0 Å². The lowest BCUT2D eigenvalue weighted by Crippen LogP contribution is -2.42. The largest absolute Gasteiger partial charge is 0.497 e. The van der Waals surface area contributed by atoms with E-state index in [2.05, 4.69) is 15.3 Å². The van der Waals surface area contributed by atoms with Gasteiger partial charge in [0.2, 0.25) is 0 Å². The van der Waals surface area contributed by atoms with E-state index in [-0.39, 0.29) is 5.69 Å². The number of carbonyl (C=O) groups is 2. The predicted octanol–water partition coefficient (Wildman–Crippen LogP) is 5.30. The maximum atomic E-state index is 13.7. The number of nitrogens with zero attached hydrogens (tertiary/aromatic N) is 3. The Balaban J connectivity index is 1.85. The Bertz CT molecular complexity index is 1320. The van der Waals surface area contributed by atoms with Crippen LogP contribution in [0.25, 0.3) is 0 Å². The second kappa shape index (κ2) is 10.8. The molecule has 1 atom stereocenters. The summed E-state index contributed by atoms with van der Waals surface area (Å²) in [6.45, 7) is 0. The van der Waals surface area contributed by atoms with Crippen LogP contribution < -0.4 is 15.0 Å². The second-order valence-electron chi connectivity index (χ2n) is 7.42. The number of anilines is 2. The molecule has 0 fully saturated rings. The van der Waals surface area contributed by atoms with Gasteiger partial charge in [0.05, 0.1) is 13.3 Å². The molecule has 0 saturated heterocycles. The summed E-state index contributed by atoms with van der Waals surface area (Å²) in [7, 11) is 1.51. The fraction of sp³-hybridized carbons (Fsp3) is 0.0769. The summed E-state index contributed by atoms with van der Waals surface area (Å²) >= 11 is 6.08. The smallest absolute Gasteiger partial charge is 0.279 e. The summed E-state index contributed by atoms with van der Waals surface area (Å²) < 4.78 is 18.7. The van der Waals surface area contributed by atoms with Crippen LogP contribution in [0, 0.1) is 5.82 Å². The number of amides is 2. The number of carbonyl (C=O) groups excluding carboxylic acids is 2. The lowest BCUT2D eigenvalue weighted by atomic mass is 10.0. The van der Waals surface area contributed by atoms with Crippen LogP contribution in [-0.4, -0.2) is 28.9 Å². The number of halogens is 2. The zero-order valence-electron chi connectivity index (χ0n) is 18.6. The average Bonchev–Trinajstić information content (AvgIpc) is 2.89. The molecule has 0 spiro atoms. The maximum absolute atomic E-state index is 13.7. The first kappa shape index (κ1) is 23.8. The highest BCUT2D eigenvalue weighted by Gasteiger charge is 2.34. The van der Waals surface area contributed by atoms with Crippen LogP contribution in [0.1, 0.15) is 22.1 Å². The molecule has 0 saturated carbocycles. The highest BCUT2D eigenvalue weighted by atomic mass is 35.5. The molecule has 9 heteroatoms. The van der Waals surface area contributed by atoms with E-state index in [0.717, 1.165) is 0 Å². The van der Waals surface area contributed by atoms with Gasteiger partial charge in [-0.05, 0) is 66.2 Å². The van der Waals surface area contributed by atoms with Crippen LogP contribution in [0.2, 0.25) is 5.02 Å². The van der Waals surface area contributed by atoms with E-state index in [1.54, 1.807) is 48.5 Å². The van der Waals surface area contributed by atoms with Gasteiger partial charge in [0, 0.05) is 28.8 Å². The first-order chi connectivity index (χ1) is 17.0. The number of methoxy groups -OCH3 is 1. The first-order valence-corrected chi connectivity index (χ1v) is 10.9. The first-order valence-electron chi connectivity index (χ1n) is 10.5. The zero-order valence-corrected chi connectivity index (χ0v) is 19.3. The SMILES string of the molecule is COc1cccc([C@@H](C(=O)Nc2ccc(F)cc2)N(C(=O)c2cnccn2)c2ccc(Cl)cc2)c1. The standard InChI is InChI=1S/C26H20ClFN4O3/c1-35-22-4-2-3-17(15-22)24(25(33)31-20-9-7-19(28)8-10-20)32(21-11-5-18(27)6-12-21)26(34)23-16-29-13-14-30-23/h2-16,24H,1H3,(H,31,33)/t24-/m0/s1. The van der Waals surface area contributed by atoms with Crippen LogP contribution in [0.3, 0.4) is 0 Å². The average molecular weight is 491 g/mol. The minimum Gasteiger partial charge on any atom is -0.497 e. The number of ether oxygens (including phenoxy) is 1. The molecule has 1 heterocycles. The summed E-state index contributed by atoms with van der Waals surface area (Å²) in [6.07, 6.45) is 4.17. The minimum absolute atomic E-state index is 0.0462. The van der Waals surface area contributed by atoms with Gasteiger partial charge < -0.3 is 10.1 Å². The molecule has 1 N–H and O–H groups in total. The molecule has 176 valence electrons. The fourth-order valence-electron chi connectivity index (χ4n) is 3.49. The molecule has 7 nitrogen and oxygen atoms in total. The number of rotatable bonds is 7. The van der Waals surface area contributed by atoms with Crippen molar-refractivity contribution in [2.75, 3.05) is 17.3 Å². The second-order valence-corrected chi connectivity index (χ2v) is 7.85. The molecule has 1 aromatic heterocycles. The van der Waals surface area contributed by atoms with Crippen LogP contribution in [0.15, 0.2) is 91.4 Å². The van der Waals surface area contributed by atoms with Crippen molar-refractivity contribution in [3.8, 4) is 5.75 Å². The van der Waals surface area contributed by atoms with Gasteiger partial charge in [-0.25, -0.2) is 9.37 Å². The molecule has 0 bridgehead atoms. The third-order valence-corrected chi connectivity index (χ3v) is 5.39. The van der Waals surface area contributed by atoms with Gasteiger partial charge in [-0.1, -0.05) is 23.7 Å². The molecular weight excluding hydrogens is 471 g/mol. The topological polar surface area (TPSA) is 84.4 Å². The van der Waals surface area contributed by atoms with Crippen LogP contribution in [0.4, 0.5) is 15.8 Å². The Labute approximate surface area is 206 Å². The zero-order chi connectivity index (χ0) is 24.8. The molecule has 2 amide bonds. The monoisotopic (exact) mass is 490 g/mol. The van der Waals surface area contributed by atoms with Crippen molar-refractivity contribution in [3.05, 3.63) is 113 Å². The molecule has 0 aliphatic heterocycles. The summed E-state index contributed by atoms with van der Waals surface area (Å²) in [6, 6.07) is 17.5. The number of nitrogens with one attached hydrogen (secondary N) is 1. The van der Waals surface area contributed by atoms with Gasteiger partial charge in [-0.3, -0.25) is 19.5 Å². The molecule has 0 aliphatic rings. The van der Waals surface area contributed by atoms with E-state index in [1.165, 1.54) is 54.9 Å². The van der Waals surface area contributed by atoms with Gasteiger partial charge in [0.1, 0.15) is 23.3 Å². The van der Waals surface area contributed by atoms with E-state index in [4.69, 9.17) is 16.3 Å². The molecule has 4 rings (SSSR count). The van der Waals surface area contributed by atoms with Gasteiger partial charge in [-0.15, -0.1) is 0 Å². The van der Waals surface area contributed by atoms with E-state index in [0.29, 0.717) is 27.7 Å². The van der Waals surface area contributed by atoms with E-state index in [9.17, 15) is 14.0 Å². The predicted molar refractivity (Wildman–Crippen MR) is 131 cm³/mol. The van der Waals surface area contributed by atoms with Crippen LogP contribution >= 0.6 is 11.6 Å². The number of benzene rings is 3. The third-order valence-electron chi connectivity index (χ3n) is 5.13. The molecule has 35 heavy (non-hydrogen) atoms. The molecule has 0 unspecified atom stereocenters. The van der Waals surface area contributed by atoms with Gasteiger partial charge >= 0.3 is 0 Å². The van der Waals surface area contributed by atoms with Crippen molar-refractivity contribution in [3.63, 3.8) is 0 Å². The minimum atomic E-state index is -1.15. The van der Waals surface area contributed by atoms with Crippen molar-refractivity contribution < 1.29 is 18.7 Å². The molecule has 3 aromatic carbocycles. The fourth-order valence-corrected chi connectivity index (χ4v) is 3.62. The summed E-state index contributed by atoms with van der Waals surface area (Å²) in [4.78, 5) is 36.9. The normalized spacial score (nSPS) is 11.4. The molecular formula is C26H20ClFN4O3. The van der Waals surface area contributed by atoms with Gasteiger partial charge in [0.15, 0.2) is 0 Å². The Hall–Kier alpha value is -4.30. The van der Waals surface area contributed by atoms with Crippen molar-refractivity contribution in [1.82, 2.24) is 9.97 Å². The van der Waals surface area contributed by atoms with Crippen LogP contribution in [0.5, 0.6) is 5.75 Å². The van der Waals surface area contributed by atoms with E-state index in [1.807, 2.05) is 0 Å². The quantitative estimate of drug-likeness (QED) is 0.380. The summed E-state index contributed by atoms with van der Waals surface area (Å²) in [5, 5.41) is 3.24. The summed E-state index contributed by atoms with van der Waals surface area (Å²) in [5.74, 6) is -1.02. The van der Waals surface area contributed by atoms with Gasteiger partial charge in [0.25, 0.3) is 11.8 Å². The summed E-state index contributed by atoms with van der Waals surface area (Å²) in [5.41, 5.74) is 1.31.